The second-order valence-corrected chi connectivity index (χ2v) is 4.81. The number of hydrogen-bond acceptors (Lipinski definition) is 4. The number of halogens is 1. The molecule has 0 unspecified atom stereocenters. The van der Waals surface area contributed by atoms with E-state index < -0.39 is 5.97 Å². The van der Waals surface area contributed by atoms with E-state index >= 15 is 0 Å². The number of nitrogens with two attached hydrogens (primary N) is 1. The number of ether oxygens (including phenoxy) is 1. The van der Waals surface area contributed by atoms with Gasteiger partial charge in [-0.3, -0.25) is 4.57 Å². The fourth-order valence-electron chi connectivity index (χ4n) is 2.06. The molecule has 0 bridgehead atoms. The molecule has 0 atom stereocenters. The van der Waals surface area contributed by atoms with Crippen molar-refractivity contribution in [1.82, 2.24) is 9.55 Å². The van der Waals surface area contributed by atoms with Crippen LogP contribution in [0, 0.1) is 6.92 Å². The number of anilines is 1. The molecular weight excluding hydrogens is 278 g/mol. The number of carbonyl (C=O) groups is 1. The number of aromatic nitrogens is 2. The first-order chi connectivity index (χ1) is 9.49. The lowest BCUT2D eigenvalue weighted by molar-refractivity contribution is 0.0596. The van der Waals surface area contributed by atoms with Crippen LogP contribution in [0.15, 0.2) is 18.2 Å². The summed E-state index contributed by atoms with van der Waals surface area (Å²) in [4.78, 5) is 16.0. The van der Waals surface area contributed by atoms with Crippen molar-refractivity contribution in [3.05, 3.63) is 40.3 Å². The van der Waals surface area contributed by atoms with Crippen LogP contribution >= 0.6 is 11.6 Å². The molecule has 0 saturated heterocycles. The number of aryl methyl sites for hydroxylation is 2. The predicted molar refractivity (Wildman–Crippen MR) is 78.4 cm³/mol. The van der Waals surface area contributed by atoms with Gasteiger partial charge in [-0.15, -0.1) is 0 Å². The van der Waals surface area contributed by atoms with Crippen LogP contribution in [0.1, 0.15) is 28.8 Å². The highest BCUT2D eigenvalue weighted by molar-refractivity contribution is 6.30. The van der Waals surface area contributed by atoms with E-state index in [2.05, 4.69) is 4.98 Å². The smallest absolute Gasteiger partial charge is 0.360 e. The molecule has 2 aromatic rings. The van der Waals surface area contributed by atoms with Gasteiger partial charge >= 0.3 is 5.97 Å². The molecule has 0 aliphatic carbocycles. The van der Waals surface area contributed by atoms with Gasteiger partial charge in [0.15, 0.2) is 5.69 Å². The highest BCUT2D eigenvalue weighted by atomic mass is 35.5. The van der Waals surface area contributed by atoms with Crippen LogP contribution in [0.5, 0.6) is 0 Å². The zero-order chi connectivity index (χ0) is 14.9. The Kier molecular flexibility index (Phi) is 3.99. The lowest BCUT2D eigenvalue weighted by Crippen LogP contribution is -2.08. The van der Waals surface area contributed by atoms with Crippen LogP contribution in [0.4, 0.5) is 5.82 Å². The van der Waals surface area contributed by atoms with Gasteiger partial charge < -0.3 is 10.5 Å². The summed E-state index contributed by atoms with van der Waals surface area (Å²) in [5, 5.41) is 0.598. The number of benzene rings is 1. The van der Waals surface area contributed by atoms with Gasteiger partial charge in [-0.25, -0.2) is 9.78 Å². The molecule has 0 aliphatic rings. The zero-order valence-electron chi connectivity index (χ0n) is 11.6. The van der Waals surface area contributed by atoms with Crippen molar-refractivity contribution >= 4 is 23.4 Å². The fourth-order valence-corrected chi connectivity index (χ4v) is 2.22. The monoisotopic (exact) mass is 293 g/mol. The van der Waals surface area contributed by atoms with Gasteiger partial charge in [-0.2, -0.15) is 0 Å². The van der Waals surface area contributed by atoms with Crippen LogP contribution in [0.3, 0.4) is 0 Å². The number of nitrogen functional groups attached to an aromatic ring is 1. The third kappa shape index (κ3) is 2.36. The van der Waals surface area contributed by atoms with Gasteiger partial charge in [0.2, 0.25) is 0 Å². The summed E-state index contributed by atoms with van der Waals surface area (Å²) in [7, 11) is 1.30. The Morgan fingerprint density at radius 2 is 2.20 bits per heavy atom. The summed E-state index contributed by atoms with van der Waals surface area (Å²) in [5.74, 6) is 0.406. The maximum atomic E-state index is 11.7. The van der Waals surface area contributed by atoms with Gasteiger partial charge in [0.05, 0.1) is 12.8 Å². The molecule has 0 spiro atoms. The number of nitrogens with zero attached hydrogens (tertiary/aromatic N) is 2. The Bertz CT molecular complexity index is 665. The molecule has 106 valence electrons. The second-order valence-electron chi connectivity index (χ2n) is 4.37. The number of imidazole rings is 1. The first kappa shape index (κ1) is 14.4. The maximum absolute atomic E-state index is 11.7. The lowest BCUT2D eigenvalue weighted by atomic mass is 10.2. The van der Waals surface area contributed by atoms with Crippen LogP contribution in [0.2, 0.25) is 5.02 Å². The zero-order valence-corrected chi connectivity index (χ0v) is 12.4. The SMILES string of the molecule is CCc1nc(C(=O)OC)c(N)n1-c1cc(Cl)ccc1C. The van der Waals surface area contributed by atoms with E-state index in [9.17, 15) is 4.79 Å². The normalized spacial score (nSPS) is 10.6. The highest BCUT2D eigenvalue weighted by Crippen LogP contribution is 2.26. The van der Waals surface area contributed by atoms with Crippen molar-refractivity contribution in [2.24, 2.45) is 0 Å². The topological polar surface area (TPSA) is 70.1 Å². The number of rotatable bonds is 3. The molecule has 1 heterocycles. The molecule has 0 amide bonds. The number of hydrogen-bond donors (Lipinski definition) is 1. The minimum atomic E-state index is -0.546. The summed E-state index contributed by atoms with van der Waals surface area (Å²) in [6, 6.07) is 5.50. The van der Waals surface area contributed by atoms with Gasteiger partial charge in [-0.05, 0) is 24.6 Å². The van der Waals surface area contributed by atoms with E-state index in [1.54, 1.807) is 16.7 Å². The summed E-state index contributed by atoms with van der Waals surface area (Å²) < 4.78 is 6.44. The Morgan fingerprint density at radius 3 is 2.80 bits per heavy atom. The first-order valence-corrected chi connectivity index (χ1v) is 6.59. The molecule has 1 aromatic heterocycles. The molecule has 6 heteroatoms. The van der Waals surface area contributed by atoms with Crippen LogP contribution in [-0.2, 0) is 11.2 Å². The lowest BCUT2D eigenvalue weighted by Gasteiger charge is -2.12. The maximum Gasteiger partial charge on any atom is 0.360 e. The third-order valence-corrected chi connectivity index (χ3v) is 3.32. The average Bonchev–Trinajstić information content (AvgIpc) is 2.77. The van der Waals surface area contributed by atoms with Gasteiger partial charge in [0.25, 0.3) is 0 Å². The van der Waals surface area contributed by atoms with Crippen molar-refractivity contribution in [3.63, 3.8) is 0 Å². The van der Waals surface area contributed by atoms with E-state index in [0.717, 1.165) is 11.3 Å². The summed E-state index contributed by atoms with van der Waals surface area (Å²) in [6.45, 7) is 3.89. The van der Waals surface area contributed by atoms with Crippen LogP contribution in [-0.4, -0.2) is 22.6 Å². The Morgan fingerprint density at radius 1 is 1.50 bits per heavy atom. The van der Waals surface area contributed by atoms with Crippen molar-refractivity contribution < 1.29 is 9.53 Å². The van der Waals surface area contributed by atoms with Crippen molar-refractivity contribution in [1.29, 1.82) is 0 Å². The largest absolute Gasteiger partial charge is 0.464 e. The van der Waals surface area contributed by atoms with Crippen molar-refractivity contribution in [2.75, 3.05) is 12.8 Å². The van der Waals surface area contributed by atoms with Gasteiger partial charge in [0.1, 0.15) is 11.6 Å². The first-order valence-electron chi connectivity index (χ1n) is 6.21. The summed E-state index contributed by atoms with van der Waals surface area (Å²) in [5.41, 5.74) is 8.00. The van der Waals surface area contributed by atoms with E-state index in [-0.39, 0.29) is 11.5 Å². The molecule has 5 nitrogen and oxygen atoms in total. The van der Waals surface area contributed by atoms with E-state index in [1.165, 1.54) is 7.11 Å². The van der Waals surface area contributed by atoms with E-state index in [0.29, 0.717) is 17.3 Å². The van der Waals surface area contributed by atoms with E-state index in [1.807, 2.05) is 19.9 Å². The molecule has 0 aliphatic heterocycles. The van der Waals surface area contributed by atoms with Crippen LogP contribution in [0.25, 0.3) is 5.69 Å². The number of methoxy groups -OCH3 is 1. The minimum absolute atomic E-state index is 0.128. The Balaban J connectivity index is 2.70. The Hall–Kier alpha value is -2.01. The predicted octanol–water partition coefficient (Wildman–Crippen LogP) is 2.77. The van der Waals surface area contributed by atoms with Crippen molar-refractivity contribution in [2.45, 2.75) is 20.3 Å². The summed E-state index contributed by atoms with van der Waals surface area (Å²) >= 11 is 6.05. The molecular formula is C14H16ClN3O2. The third-order valence-electron chi connectivity index (χ3n) is 3.09. The number of carbonyl (C=O) groups excluding carboxylic acids is 1. The molecule has 20 heavy (non-hydrogen) atoms. The van der Waals surface area contributed by atoms with Gasteiger partial charge in [0, 0.05) is 11.4 Å². The molecule has 0 radical (unpaired) electrons. The van der Waals surface area contributed by atoms with E-state index in [4.69, 9.17) is 22.1 Å². The highest BCUT2D eigenvalue weighted by Gasteiger charge is 2.22. The Labute approximate surface area is 122 Å². The second kappa shape index (κ2) is 5.54. The minimum Gasteiger partial charge on any atom is -0.464 e. The van der Waals surface area contributed by atoms with Gasteiger partial charge in [-0.1, -0.05) is 24.6 Å². The standard InChI is InChI=1S/C14H16ClN3O2/c1-4-11-17-12(14(19)20-3)13(16)18(11)10-7-9(15)6-5-8(10)2/h5-7H,4,16H2,1-3H3. The summed E-state index contributed by atoms with van der Waals surface area (Å²) in [6.07, 6.45) is 0.632. The number of esters is 1. The quantitative estimate of drug-likeness (QED) is 0.883. The van der Waals surface area contributed by atoms with Crippen LogP contribution < -0.4 is 5.73 Å². The molecule has 2 N–H and O–H groups in total. The van der Waals surface area contributed by atoms with Crippen molar-refractivity contribution in [3.8, 4) is 5.69 Å². The average molecular weight is 294 g/mol. The molecule has 2 rings (SSSR count). The molecule has 0 saturated carbocycles. The molecule has 1 aromatic carbocycles. The molecule has 0 fully saturated rings. The fraction of sp³-hybridized carbons (Fsp3) is 0.286.